The number of allylic oxidation sites excluding steroid dienone is 2. The number of hydrogen-bond donors (Lipinski definition) is 1. The van der Waals surface area contributed by atoms with Crippen LogP contribution in [0.1, 0.15) is 24.0 Å². The zero-order valence-electron chi connectivity index (χ0n) is 17.5. The molecule has 0 atom stereocenters. The summed E-state index contributed by atoms with van der Waals surface area (Å²) in [5.74, 6) is -1.54. The third-order valence-corrected chi connectivity index (χ3v) is 5.51. The number of rotatable bonds is 8. The second-order valence-electron chi connectivity index (χ2n) is 7.45. The van der Waals surface area contributed by atoms with Gasteiger partial charge in [0.2, 0.25) is 5.88 Å². The summed E-state index contributed by atoms with van der Waals surface area (Å²) in [6, 6.07) is 8.86. The van der Waals surface area contributed by atoms with Gasteiger partial charge < -0.3 is 5.11 Å². The predicted octanol–water partition coefficient (Wildman–Crippen LogP) is 5.51. The summed E-state index contributed by atoms with van der Waals surface area (Å²) in [4.78, 5) is 25.2. The number of aromatic hydroxyl groups is 1. The van der Waals surface area contributed by atoms with Gasteiger partial charge in [0, 0.05) is 23.1 Å². The van der Waals surface area contributed by atoms with Gasteiger partial charge in [-0.15, -0.1) is 0 Å². The fourth-order valence-corrected chi connectivity index (χ4v) is 3.76. The zero-order valence-corrected chi connectivity index (χ0v) is 19.0. The molecule has 9 heteroatoms. The Hall–Kier alpha value is -3.16. The standard InChI is InChI=1S/C24H20Cl2F2N2O3/c1-14(16-7-18(25)11-20(27)9-16)3-5-29-22(31)13-23(32)30(24(29)33)6-4-15(2)17-8-19(26)12-21(28)10-17/h7-13,31H,1-6H2. The van der Waals surface area contributed by atoms with Crippen molar-refractivity contribution in [2.24, 2.45) is 0 Å². The van der Waals surface area contributed by atoms with Crippen LogP contribution in [0, 0.1) is 11.6 Å². The summed E-state index contributed by atoms with van der Waals surface area (Å²) in [6.07, 6.45) is 0.369. The molecular formula is C24H20Cl2F2N2O3. The highest BCUT2D eigenvalue weighted by atomic mass is 35.5. The molecule has 172 valence electrons. The second kappa shape index (κ2) is 10.2. The molecule has 0 fully saturated rings. The van der Waals surface area contributed by atoms with Gasteiger partial charge in [0.15, 0.2) is 0 Å². The number of benzene rings is 2. The molecule has 3 rings (SSSR count). The molecule has 33 heavy (non-hydrogen) atoms. The lowest BCUT2D eigenvalue weighted by atomic mass is 10.0. The molecular weight excluding hydrogens is 473 g/mol. The van der Waals surface area contributed by atoms with Crippen LogP contribution in [0.5, 0.6) is 5.88 Å². The van der Waals surface area contributed by atoms with Crippen molar-refractivity contribution in [1.82, 2.24) is 9.13 Å². The SMILES string of the molecule is C=C(CCn1c(O)cc(=O)n(CCC(=C)c2cc(F)cc(Cl)c2)c1=O)c1cc(F)cc(Cl)c1. The van der Waals surface area contributed by atoms with E-state index in [4.69, 9.17) is 23.2 Å². The monoisotopic (exact) mass is 492 g/mol. The molecule has 0 amide bonds. The van der Waals surface area contributed by atoms with E-state index in [1.54, 1.807) is 6.07 Å². The first-order valence-corrected chi connectivity index (χ1v) is 10.6. The highest BCUT2D eigenvalue weighted by Crippen LogP contribution is 2.24. The molecule has 3 aromatic rings. The van der Waals surface area contributed by atoms with Gasteiger partial charge in [0.05, 0.1) is 6.07 Å². The van der Waals surface area contributed by atoms with Gasteiger partial charge in [-0.1, -0.05) is 36.4 Å². The smallest absolute Gasteiger partial charge is 0.333 e. The average molecular weight is 493 g/mol. The van der Waals surface area contributed by atoms with Gasteiger partial charge in [0.1, 0.15) is 11.6 Å². The zero-order chi connectivity index (χ0) is 24.3. The van der Waals surface area contributed by atoms with E-state index in [1.165, 1.54) is 18.2 Å². The Kier molecular flexibility index (Phi) is 7.56. The third-order valence-electron chi connectivity index (χ3n) is 5.07. The Bertz CT molecular complexity index is 1320. The third kappa shape index (κ3) is 6.00. The van der Waals surface area contributed by atoms with E-state index in [-0.39, 0.29) is 36.0 Å². The Labute approximate surface area is 198 Å². The Balaban J connectivity index is 1.78. The molecule has 0 unspecified atom stereocenters. The highest BCUT2D eigenvalue weighted by molar-refractivity contribution is 6.31. The van der Waals surface area contributed by atoms with Crippen molar-refractivity contribution in [2.45, 2.75) is 25.9 Å². The van der Waals surface area contributed by atoms with Gasteiger partial charge in [-0.25, -0.2) is 13.6 Å². The number of nitrogens with zero attached hydrogens (tertiary/aromatic N) is 2. The van der Waals surface area contributed by atoms with Crippen molar-refractivity contribution in [3.63, 3.8) is 0 Å². The van der Waals surface area contributed by atoms with Crippen LogP contribution in [0.2, 0.25) is 10.0 Å². The molecule has 1 aromatic heterocycles. The Morgan fingerprint density at radius 3 is 1.70 bits per heavy atom. The lowest BCUT2D eigenvalue weighted by molar-refractivity contribution is 0.390. The minimum absolute atomic E-state index is 0.00162. The number of hydrogen-bond acceptors (Lipinski definition) is 3. The molecule has 5 nitrogen and oxygen atoms in total. The maximum absolute atomic E-state index is 13.6. The minimum Gasteiger partial charge on any atom is -0.494 e. The van der Waals surface area contributed by atoms with Crippen molar-refractivity contribution >= 4 is 34.3 Å². The van der Waals surface area contributed by atoms with Crippen LogP contribution in [0.3, 0.4) is 0 Å². The van der Waals surface area contributed by atoms with Crippen LogP contribution in [0.25, 0.3) is 11.1 Å². The van der Waals surface area contributed by atoms with Gasteiger partial charge in [-0.2, -0.15) is 0 Å². The average Bonchev–Trinajstić information content (AvgIpc) is 2.71. The number of aromatic nitrogens is 2. The second-order valence-corrected chi connectivity index (χ2v) is 8.32. The van der Waals surface area contributed by atoms with Crippen LogP contribution in [0.15, 0.2) is 65.2 Å². The lowest BCUT2D eigenvalue weighted by Crippen LogP contribution is -2.39. The molecule has 0 aliphatic carbocycles. The molecule has 0 saturated carbocycles. The van der Waals surface area contributed by atoms with E-state index in [0.717, 1.165) is 27.3 Å². The molecule has 0 aliphatic heterocycles. The Morgan fingerprint density at radius 1 is 0.788 bits per heavy atom. The molecule has 1 N–H and O–H groups in total. The molecule has 0 radical (unpaired) electrons. The van der Waals surface area contributed by atoms with Crippen LogP contribution in [-0.2, 0) is 13.1 Å². The van der Waals surface area contributed by atoms with E-state index in [9.17, 15) is 23.5 Å². The molecule has 2 aromatic carbocycles. The van der Waals surface area contributed by atoms with E-state index >= 15 is 0 Å². The molecule has 0 saturated heterocycles. The summed E-state index contributed by atoms with van der Waals surface area (Å²) < 4.78 is 29.2. The van der Waals surface area contributed by atoms with Crippen LogP contribution in [0.4, 0.5) is 8.78 Å². The summed E-state index contributed by atoms with van der Waals surface area (Å²) >= 11 is 11.7. The largest absolute Gasteiger partial charge is 0.494 e. The first-order chi connectivity index (χ1) is 15.5. The van der Waals surface area contributed by atoms with E-state index in [1.807, 2.05) is 0 Å². The first kappa shape index (κ1) is 24.5. The summed E-state index contributed by atoms with van der Waals surface area (Å²) in [7, 11) is 0. The van der Waals surface area contributed by atoms with Crippen molar-refractivity contribution in [1.29, 1.82) is 0 Å². The normalized spacial score (nSPS) is 10.9. The van der Waals surface area contributed by atoms with Crippen molar-refractivity contribution in [3.05, 3.63) is 109 Å². The first-order valence-electron chi connectivity index (χ1n) is 9.87. The Morgan fingerprint density at radius 2 is 1.24 bits per heavy atom. The summed E-state index contributed by atoms with van der Waals surface area (Å²) in [5, 5.41) is 10.6. The summed E-state index contributed by atoms with van der Waals surface area (Å²) in [5.41, 5.74) is 0.489. The molecule has 0 spiro atoms. The quantitative estimate of drug-likeness (QED) is 0.450. The van der Waals surface area contributed by atoms with Crippen molar-refractivity contribution < 1.29 is 13.9 Å². The fraction of sp³-hybridized carbons (Fsp3) is 0.167. The highest BCUT2D eigenvalue weighted by Gasteiger charge is 2.13. The van der Waals surface area contributed by atoms with Crippen LogP contribution in [-0.4, -0.2) is 14.2 Å². The van der Waals surface area contributed by atoms with Gasteiger partial charge in [0.25, 0.3) is 5.56 Å². The van der Waals surface area contributed by atoms with E-state index in [2.05, 4.69) is 13.2 Å². The molecule has 0 aliphatic rings. The van der Waals surface area contributed by atoms with Gasteiger partial charge >= 0.3 is 5.69 Å². The summed E-state index contributed by atoms with van der Waals surface area (Å²) in [6.45, 7) is 7.72. The van der Waals surface area contributed by atoms with Crippen LogP contribution >= 0.6 is 23.2 Å². The fourth-order valence-electron chi connectivity index (χ4n) is 3.32. The van der Waals surface area contributed by atoms with E-state index in [0.29, 0.717) is 22.3 Å². The minimum atomic E-state index is -0.727. The van der Waals surface area contributed by atoms with E-state index < -0.39 is 28.8 Å². The molecule has 0 bridgehead atoms. The van der Waals surface area contributed by atoms with Crippen molar-refractivity contribution in [2.75, 3.05) is 0 Å². The van der Waals surface area contributed by atoms with Gasteiger partial charge in [-0.05, 0) is 71.5 Å². The molecule has 1 heterocycles. The van der Waals surface area contributed by atoms with Crippen molar-refractivity contribution in [3.8, 4) is 5.88 Å². The topological polar surface area (TPSA) is 64.2 Å². The maximum Gasteiger partial charge on any atom is 0.333 e. The lowest BCUT2D eigenvalue weighted by Gasteiger charge is -2.14. The predicted molar refractivity (Wildman–Crippen MR) is 127 cm³/mol. The van der Waals surface area contributed by atoms with Crippen LogP contribution < -0.4 is 11.2 Å². The maximum atomic E-state index is 13.6. The number of halogens is 4. The van der Waals surface area contributed by atoms with Gasteiger partial charge in [-0.3, -0.25) is 13.9 Å².